The Morgan fingerprint density at radius 3 is 2.63 bits per heavy atom. The zero-order valence-electron chi connectivity index (χ0n) is 9.48. The van der Waals surface area contributed by atoms with Crippen LogP contribution < -0.4 is 5.32 Å². The highest BCUT2D eigenvalue weighted by Crippen LogP contribution is 2.16. The number of carbonyl (C=O) groups excluding carboxylic acids is 1. The molecule has 1 heterocycles. The number of aliphatic carboxylic acids is 1. The van der Waals surface area contributed by atoms with Crippen molar-refractivity contribution in [1.29, 1.82) is 0 Å². The van der Waals surface area contributed by atoms with Crippen molar-refractivity contribution in [3.63, 3.8) is 0 Å². The predicted octanol–water partition coefficient (Wildman–Crippen LogP) is 1.30. The van der Waals surface area contributed by atoms with Crippen molar-refractivity contribution in [2.45, 2.75) is 12.7 Å². The highest BCUT2D eigenvalue weighted by Gasteiger charge is 2.33. The van der Waals surface area contributed by atoms with Crippen molar-refractivity contribution in [1.82, 2.24) is 15.2 Å². The maximum absolute atomic E-state index is 12.2. The smallest absolute Gasteiger partial charge is 0.406 e. The number of thiazole rings is 1. The zero-order chi connectivity index (χ0) is 14.5. The van der Waals surface area contributed by atoms with E-state index in [1.165, 1.54) is 17.5 Å². The predicted molar refractivity (Wildman–Crippen MR) is 59.6 cm³/mol. The van der Waals surface area contributed by atoms with Gasteiger partial charge in [-0.15, -0.1) is 11.3 Å². The summed E-state index contributed by atoms with van der Waals surface area (Å²) in [5, 5.41) is 12.8. The second-order valence-electron chi connectivity index (χ2n) is 3.45. The molecule has 0 aromatic carbocycles. The Labute approximate surface area is 109 Å². The summed E-state index contributed by atoms with van der Waals surface area (Å²) in [6.45, 7) is -2.70. The molecule has 1 aromatic heterocycles. The highest BCUT2D eigenvalue weighted by molar-refractivity contribution is 7.09. The normalized spacial score (nSPS) is 11.1. The Hall–Kier alpha value is -1.84. The van der Waals surface area contributed by atoms with Crippen LogP contribution in [0.5, 0.6) is 0 Å². The van der Waals surface area contributed by atoms with Gasteiger partial charge in [0.15, 0.2) is 0 Å². The lowest BCUT2D eigenvalue weighted by molar-refractivity contribution is -0.148. The van der Waals surface area contributed by atoms with Crippen molar-refractivity contribution < 1.29 is 27.9 Å². The first kappa shape index (κ1) is 15.2. The molecule has 0 spiro atoms. The van der Waals surface area contributed by atoms with E-state index in [4.69, 9.17) is 5.11 Å². The third kappa shape index (κ3) is 6.04. The molecule has 19 heavy (non-hydrogen) atoms. The van der Waals surface area contributed by atoms with Gasteiger partial charge in [-0.05, 0) is 0 Å². The molecular weight excluding hydrogens is 287 g/mol. The number of rotatable bonds is 5. The Morgan fingerprint density at radius 2 is 2.16 bits per heavy atom. The van der Waals surface area contributed by atoms with Crippen LogP contribution in [0.25, 0.3) is 0 Å². The number of aromatic nitrogens is 1. The lowest BCUT2D eigenvalue weighted by atomic mass is 10.4. The fourth-order valence-corrected chi connectivity index (χ4v) is 1.74. The molecule has 0 bridgehead atoms. The molecule has 0 saturated carbocycles. The van der Waals surface area contributed by atoms with Gasteiger partial charge in [-0.1, -0.05) is 0 Å². The first-order valence-corrected chi connectivity index (χ1v) is 5.85. The largest absolute Gasteiger partial charge is 0.480 e. The van der Waals surface area contributed by atoms with Gasteiger partial charge < -0.3 is 15.3 Å². The Kier molecular flexibility index (Phi) is 5.10. The number of nitrogens with one attached hydrogen (secondary N) is 1. The van der Waals surface area contributed by atoms with Gasteiger partial charge in [0.2, 0.25) is 0 Å². The van der Waals surface area contributed by atoms with Crippen LogP contribution in [0.4, 0.5) is 18.0 Å². The van der Waals surface area contributed by atoms with Crippen LogP contribution in [0, 0.1) is 0 Å². The van der Waals surface area contributed by atoms with Crippen LogP contribution in [0.15, 0.2) is 11.6 Å². The highest BCUT2D eigenvalue weighted by atomic mass is 32.1. The molecule has 1 rings (SSSR count). The molecule has 10 heteroatoms. The molecule has 0 aliphatic heterocycles. The molecule has 0 unspecified atom stereocenters. The number of alkyl halides is 3. The maximum atomic E-state index is 12.2. The Balaban J connectivity index is 2.57. The van der Waals surface area contributed by atoms with Crippen LogP contribution in [-0.2, 0) is 11.3 Å². The quantitative estimate of drug-likeness (QED) is 0.858. The molecule has 2 N–H and O–H groups in total. The summed E-state index contributed by atoms with van der Waals surface area (Å²) < 4.78 is 36.6. The number of carbonyl (C=O) groups is 2. The molecule has 0 saturated heterocycles. The standard InChI is InChI=1S/C9H10F3N3O3S/c10-9(11,12)5-15(4-7(16)17)8(18)14-3-6-13-1-2-19-6/h1-2H,3-5H2,(H,14,18)(H,16,17). The minimum absolute atomic E-state index is 0.0511. The summed E-state index contributed by atoms with van der Waals surface area (Å²) in [5.74, 6) is -1.52. The van der Waals surface area contributed by atoms with Gasteiger partial charge in [0, 0.05) is 11.6 Å². The SMILES string of the molecule is O=C(O)CN(CC(F)(F)F)C(=O)NCc1nccs1. The second-order valence-corrected chi connectivity index (χ2v) is 4.43. The molecule has 0 atom stereocenters. The molecular formula is C9H10F3N3O3S. The van der Waals surface area contributed by atoms with Gasteiger partial charge in [0.1, 0.15) is 18.1 Å². The minimum Gasteiger partial charge on any atom is -0.480 e. The lowest BCUT2D eigenvalue weighted by Crippen LogP contribution is -2.46. The fourth-order valence-electron chi connectivity index (χ4n) is 1.18. The molecule has 0 fully saturated rings. The summed E-state index contributed by atoms with van der Waals surface area (Å²) in [7, 11) is 0. The van der Waals surface area contributed by atoms with Crippen molar-refractivity contribution in [2.24, 2.45) is 0 Å². The molecule has 0 aliphatic carbocycles. The number of nitrogens with zero attached hydrogens (tertiary/aromatic N) is 2. The van der Waals surface area contributed by atoms with E-state index in [-0.39, 0.29) is 11.4 Å². The fraction of sp³-hybridized carbons (Fsp3) is 0.444. The van der Waals surface area contributed by atoms with Crippen molar-refractivity contribution in [3.05, 3.63) is 16.6 Å². The zero-order valence-corrected chi connectivity index (χ0v) is 10.3. The van der Waals surface area contributed by atoms with E-state index in [1.807, 2.05) is 0 Å². The molecule has 6 nitrogen and oxygen atoms in total. The van der Waals surface area contributed by atoms with Crippen LogP contribution in [0.3, 0.4) is 0 Å². The number of hydrogen-bond donors (Lipinski definition) is 2. The van der Waals surface area contributed by atoms with Crippen molar-refractivity contribution in [3.8, 4) is 0 Å². The minimum atomic E-state index is -4.66. The molecule has 0 radical (unpaired) electrons. The first-order chi connectivity index (χ1) is 8.78. The van der Waals surface area contributed by atoms with Crippen LogP contribution in [0.1, 0.15) is 5.01 Å². The number of carboxylic acids is 1. The molecule has 2 amide bonds. The van der Waals surface area contributed by atoms with Crippen LogP contribution >= 0.6 is 11.3 Å². The second kappa shape index (κ2) is 6.36. The van der Waals surface area contributed by atoms with E-state index in [9.17, 15) is 22.8 Å². The van der Waals surface area contributed by atoms with Gasteiger partial charge in [0.25, 0.3) is 0 Å². The summed E-state index contributed by atoms with van der Waals surface area (Å²) >= 11 is 1.22. The third-order valence-electron chi connectivity index (χ3n) is 1.86. The monoisotopic (exact) mass is 297 g/mol. The van der Waals surface area contributed by atoms with Gasteiger partial charge in [-0.3, -0.25) is 4.79 Å². The van der Waals surface area contributed by atoms with E-state index in [0.29, 0.717) is 5.01 Å². The van der Waals surface area contributed by atoms with E-state index < -0.39 is 31.3 Å². The summed E-state index contributed by atoms with van der Waals surface area (Å²) in [4.78, 5) is 25.9. The number of halogens is 3. The van der Waals surface area contributed by atoms with Gasteiger partial charge in [-0.2, -0.15) is 13.2 Å². The molecule has 1 aromatic rings. The van der Waals surface area contributed by atoms with E-state index in [0.717, 1.165) is 0 Å². The first-order valence-electron chi connectivity index (χ1n) is 4.97. The van der Waals surface area contributed by atoms with Crippen molar-refractivity contribution >= 4 is 23.3 Å². The summed E-state index contributed by atoms with van der Waals surface area (Å²) in [6.07, 6.45) is -3.18. The molecule has 106 valence electrons. The van der Waals surface area contributed by atoms with Crippen molar-refractivity contribution in [2.75, 3.05) is 13.1 Å². The number of carboxylic acid groups (broad SMARTS) is 1. The third-order valence-corrected chi connectivity index (χ3v) is 2.64. The average Bonchev–Trinajstić information content (AvgIpc) is 2.75. The summed E-state index contributed by atoms with van der Waals surface area (Å²) in [6, 6.07) is -1.10. The lowest BCUT2D eigenvalue weighted by Gasteiger charge is -2.22. The summed E-state index contributed by atoms with van der Waals surface area (Å²) in [5.41, 5.74) is 0. The molecule has 0 aliphatic rings. The average molecular weight is 297 g/mol. The van der Waals surface area contributed by atoms with Gasteiger partial charge in [-0.25, -0.2) is 9.78 Å². The van der Waals surface area contributed by atoms with Gasteiger partial charge in [0.05, 0.1) is 6.54 Å². The van der Waals surface area contributed by atoms with E-state index in [1.54, 1.807) is 5.38 Å². The Morgan fingerprint density at radius 1 is 1.47 bits per heavy atom. The number of urea groups is 1. The van der Waals surface area contributed by atoms with Gasteiger partial charge >= 0.3 is 18.2 Å². The Bertz CT molecular complexity index is 436. The topological polar surface area (TPSA) is 82.5 Å². The number of amides is 2. The number of hydrogen-bond acceptors (Lipinski definition) is 4. The van der Waals surface area contributed by atoms with E-state index in [2.05, 4.69) is 10.3 Å². The maximum Gasteiger partial charge on any atom is 0.406 e. The van der Waals surface area contributed by atoms with Crippen LogP contribution in [-0.4, -0.2) is 46.3 Å². The van der Waals surface area contributed by atoms with E-state index >= 15 is 0 Å². The van der Waals surface area contributed by atoms with Crippen LogP contribution in [0.2, 0.25) is 0 Å².